The maximum absolute atomic E-state index is 11.9. The lowest BCUT2D eigenvalue weighted by Gasteiger charge is -1.98. The molecule has 0 aliphatic rings. The molecule has 1 aromatic carbocycles. The van der Waals surface area contributed by atoms with Gasteiger partial charge in [0.05, 0.1) is 16.5 Å². The van der Waals surface area contributed by atoms with E-state index in [-0.39, 0.29) is 5.39 Å². The third-order valence-corrected chi connectivity index (χ3v) is 2.70. The second-order valence-corrected chi connectivity index (χ2v) is 4.14. The molecule has 0 aliphatic carbocycles. The van der Waals surface area contributed by atoms with Gasteiger partial charge in [-0.05, 0) is 18.2 Å². The Morgan fingerprint density at radius 2 is 2.21 bits per heavy atom. The second kappa shape index (κ2) is 5.55. The molecule has 0 atom stereocenters. The molecule has 0 saturated carbocycles. The van der Waals surface area contributed by atoms with E-state index in [9.17, 15) is 14.9 Å². The van der Waals surface area contributed by atoms with Crippen LogP contribution in [0.4, 0.5) is 5.69 Å². The van der Waals surface area contributed by atoms with E-state index in [4.69, 9.17) is 11.6 Å². The molecule has 0 spiro atoms. The van der Waals surface area contributed by atoms with Gasteiger partial charge in [0.25, 0.3) is 5.43 Å². The molecule has 19 heavy (non-hydrogen) atoms. The van der Waals surface area contributed by atoms with Gasteiger partial charge in [0.1, 0.15) is 0 Å². The Morgan fingerprint density at radius 3 is 2.89 bits per heavy atom. The highest BCUT2D eigenvalue weighted by atomic mass is 35.5. The van der Waals surface area contributed by atoms with Crippen LogP contribution in [0.25, 0.3) is 10.9 Å². The molecule has 0 unspecified atom stereocenters. The Labute approximate surface area is 113 Å². The summed E-state index contributed by atoms with van der Waals surface area (Å²) in [5.74, 6) is 6.14. The number of nitrogens with zero attached hydrogens (tertiary/aromatic N) is 1. The van der Waals surface area contributed by atoms with Gasteiger partial charge in [0.15, 0.2) is 0 Å². The Balaban J connectivity index is 2.58. The minimum absolute atomic E-state index is 0.256. The topological polar surface area (TPSA) is 76.0 Å². The molecular weight excluding hydrogens is 268 g/mol. The summed E-state index contributed by atoms with van der Waals surface area (Å²) in [4.78, 5) is 24.6. The summed E-state index contributed by atoms with van der Waals surface area (Å²) in [7, 11) is 0. The second-order valence-electron chi connectivity index (χ2n) is 3.76. The van der Waals surface area contributed by atoms with Crippen molar-refractivity contribution in [1.29, 1.82) is 0 Å². The van der Waals surface area contributed by atoms with Crippen molar-refractivity contribution in [3.05, 3.63) is 50.3 Å². The Hall–Kier alpha value is -2.32. The molecular formula is C13H9ClN2O3. The van der Waals surface area contributed by atoms with Crippen molar-refractivity contribution in [3.8, 4) is 11.8 Å². The van der Waals surface area contributed by atoms with Crippen LogP contribution in [-0.2, 0) is 0 Å². The molecule has 0 fully saturated rings. The van der Waals surface area contributed by atoms with Crippen LogP contribution in [0, 0.1) is 22.0 Å². The fourth-order valence-corrected chi connectivity index (χ4v) is 1.73. The van der Waals surface area contributed by atoms with Crippen molar-refractivity contribution in [3.63, 3.8) is 0 Å². The number of aromatic amines is 1. The van der Waals surface area contributed by atoms with Crippen LogP contribution < -0.4 is 5.43 Å². The molecule has 0 aliphatic heterocycles. The number of hydrogen-bond acceptors (Lipinski definition) is 3. The van der Waals surface area contributed by atoms with Crippen molar-refractivity contribution in [2.75, 3.05) is 5.88 Å². The summed E-state index contributed by atoms with van der Waals surface area (Å²) in [5.41, 5.74) is 0.0835. The average Bonchev–Trinajstić information content (AvgIpc) is 2.39. The first-order chi connectivity index (χ1) is 9.13. The fraction of sp³-hybridized carbons (Fsp3) is 0.154. The quantitative estimate of drug-likeness (QED) is 0.396. The lowest BCUT2D eigenvalue weighted by atomic mass is 10.1. The van der Waals surface area contributed by atoms with Gasteiger partial charge in [0.2, 0.25) is 0 Å². The van der Waals surface area contributed by atoms with Crippen molar-refractivity contribution in [2.45, 2.75) is 6.42 Å². The number of nitrogens with one attached hydrogen (secondary N) is 1. The number of alkyl halides is 1. The normalized spacial score (nSPS) is 9.95. The largest absolute Gasteiger partial charge is 0.355 e. The van der Waals surface area contributed by atoms with E-state index in [2.05, 4.69) is 16.8 Å². The molecule has 1 N–H and O–H groups in total. The number of hydrogen-bond donors (Lipinski definition) is 1. The Kier molecular flexibility index (Phi) is 3.83. The Bertz CT molecular complexity index is 756. The number of pyridine rings is 1. The first kappa shape index (κ1) is 13.1. The molecule has 0 bridgehead atoms. The van der Waals surface area contributed by atoms with E-state index in [1.165, 1.54) is 0 Å². The Morgan fingerprint density at radius 1 is 1.42 bits per heavy atom. The predicted octanol–water partition coefficient (Wildman–Crippen LogP) is 2.42. The van der Waals surface area contributed by atoms with E-state index < -0.39 is 16.0 Å². The molecule has 2 rings (SSSR count). The van der Waals surface area contributed by atoms with Gasteiger partial charge in [-0.1, -0.05) is 11.8 Å². The maximum Gasteiger partial charge on any atom is 0.332 e. The summed E-state index contributed by atoms with van der Waals surface area (Å²) >= 11 is 5.51. The zero-order valence-corrected chi connectivity index (χ0v) is 10.5. The molecule has 0 radical (unpaired) electrons. The standard InChI is InChI=1S/C13H9ClN2O3/c14-6-2-1-3-9-4-5-11-10(7-9)13(17)12(8-15-11)16(18)19/h4-5,7-8H,2,6H2,(H,15,17). The smallest absolute Gasteiger partial charge is 0.332 e. The van der Waals surface area contributed by atoms with Gasteiger partial charge < -0.3 is 4.98 Å². The zero-order chi connectivity index (χ0) is 13.8. The first-order valence-corrected chi connectivity index (χ1v) is 6.01. The number of benzene rings is 1. The van der Waals surface area contributed by atoms with Crippen molar-refractivity contribution >= 4 is 28.2 Å². The summed E-state index contributed by atoms with van der Waals surface area (Å²) < 4.78 is 0. The number of H-pyrrole nitrogens is 1. The molecule has 0 amide bonds. The number of halogens is 1. The van der Waals surface area contributed by atoms with E-state index in [0.717, 1.165) is 6.20 Å². The van der Waals surface area contributed by atoms with Gasteiger partial charge in [0, 0.05) is 23.4 Å². The number of nitro groups is 1. The van der Waals surface area contributed by atoms with Gasteiger partial charge in [-0.3, -0.25) is 14.9 Å². The fourth-order valence-electron chi connectivity index (χ4n) is 1.63. The number of rotatable bonds is 2. The highest BCUT2D eigenvalue weighted by Gasteiger charge is 2.14. The van der Waals surface area contributed by atoms with Crippen LogP contribution in [0.2, 0.25) is 0 Å². The van der Waals surface area contributed by atoms with Gasteiger partial charge in [-0.2, -0.15) is 0 Å². The molecule has 5 nitrogen and oxygen atoms in total. The van der Waals surface area contributed by atoms with E-state index in [1.54, 1.807) is 18.2 Å². The molecule has 1 aromatic heterocycles. The predicted molar refractivity (Wildman–Crippen MR) is 73.4 cm³/mol. The molecule has 1 heterocycles. The van der Waals surface area contributed by atoms with Crippen LogP contribution >= 0.6 is 11.6 Å². The SMILES string of the molecule is O=c1c([N+](=O)[O-])c[nH]c2ccc(C#CCCCl)cc12. The van der Waals surface area contributed by atoms with Crippen LogP contribution in [-0.4, -0.2) is 15.8 Å². The summed E-state index contributed by atoms with van der Waals surface area (Å²) in [6, 6.07) is 4.96. The van der Waals surface area contributed by atoms with Crippen LogP contribution in [0.5, 0.6) is 0 Å². The van der Waals surface area contributed by atoms with E-state index in [1.807, 2.05) is 0 Å². The van der Waals surface area contributed by atoms with E-state index >= 15 is 0 Å². The average molecular weight is 277 g/mol. The molecule has 0 saturated heterocycles. The van der Waals surface area contributed by atoms with Crippen molar-refractivity contribution in [2.24, 2.45) is 0 Å². The number of fused-ring (bicyclic) bond motifs is 1. The zero-order valence-electron chi connectivity index (χ0n) is 9.77. The minimum atomic E-state index is -0.704. The van der Waals surface area contributed by atoms with Gasteiger partial charge in [-0.15, -0.1) is 11.6 Å². The summed E-state index contributed by atoms with van der Waals surface area (Å²) in [5, 5.41) is 11.0. The minimum Gasteiger partial charge on any atom is -0.355 e. The van der Waals surface area contributed by atoms with Crippen LogP contribution in [0.15, 0.2) is 29.2 Å². The van der Waals surface area contributed by atoms with Gasteiger partial charge >= 0.3 is 5.69 Å². The van der Waals surface area contributed by atoms with Crippen LogP contribution in [0.1, 0.15) is 12.0 Å². The maximum atomic E-state index is 11.9. The lowest BCUT2D eigenvalue weighted by Crippen LogP contribution is -2.09. The van der Waals surface area contributed by atoms with E-state index in [0.29, 0.717) is 23.4 Å². The molecule has 6 heteroatoms. The lowest BCUT2D eigenvalue weighted by molar-refractivity contribution is -0.386. The molecule has 2 aromatic rings. The first-order valence-electron chi connectivity index (χ1n) is 5.48. The van der Waals surface area contributed by atoms with Crippen molar-refractivity contribution < 1.29 is 4.92 Å². The molecule has 96 valence electrons. The number of aromatic nitrogens is 1. The van der Waals surface area contributed by atoms with Crippen LogP contribution in [0.3, 0.4) is 0 Å². The third-order valence-electron chi connectivity index (χ3n) is 2.51. The highest BCUT2D eigenvalue weighted by Crippen LogP contribution is 2.13. The monoisotopic (exact) mass is 276 g/mol. The summed E-state index contributed by atoms with van der Waals surface area (Å²) in [6.45, 7) is 0. The van der Waals surface area contributed by atoms with Gasteiger partial charge in [-0.25, -0.2) is 0 Å². The van der Waals surface area contributed by atoms with Crippen molar-refractivity contribution in [1.82, 2.24) is 4.98 Å². The summed E-state index contributed by atoms with van der Waals surface area (Å²) in [6.07, 6.45) is 1.65. The third kappa shape index (κ3) is 2.75. The highest BCUT2D eigenvalue weighted by molar-refractivity contribution is 6.18.